The van der Waals surface area contributed by atoms with Crippen molar-refractivity contribution in [3.05, 3.63) is 47.5 Å². The lowest BCUT2D eigenvalue weighted by Crippen LogP contribution is -2.23. The number of hydrogen-bond acceptors (Lipinski definition) is 2. The standard InChI is InChI=1S/C18H20F2O2/c1-3-4-9-22-18(21)16(17(19)20)15-8-7-13-10-12(2)5-6-14(13)11-15/h5-8,10-11,16-17H,3-4,9H2,1-2H3. The average Bonchev–Trinajstić information content (AvgIpc) is 2.47. The minimum absolute atomic E-state index is 0.186. The third kappa shape index (κ3) is 3.81. The van der Waals surface area contributed by atoms with E-state index in [0.29, 0.717) is 12.0 Å². The number of esters is 1. The molecule has 0 saturated carbocycles. The first-order valence-corrected chi connectivity index (χ1v) is 7.48. The van der Waals surface area contributed by atoms with Gasteiger partial charge in [0.05, 0.1) is 6.61 Å². The molecular formula is C18H20F2O2. The smallest absolute Gasteiger partial charge is 0.319 e. The quantitative estimate of drug-likeness (QED) is 0.564. The van der Waals surface area contributed by atoms with Crippen molar-refractivity contribution in [3.8, 4) is 0 Å². The number of fused-ring (bicyclic) bond motifs is 1. The van der Waals surface area contributed by atoms with Crippen LogP contribution in [0.1, 0.15) is 36.8 Å². The number of hydrogen-bond donors (Lipinski definition) is 0. The van der Waals surface area contributed by atoms with Crippen molar-refractivity contribution in [2.75, 3.05) is 6.61 Å². The van der Waals surface area contributed by atoms with Crippen molar-refractivity contribution < 1.29 is 18.3 Å². The first kappa shape index (κ1) is 16.4. The zero-order valence-corrected chi connectivity index (χ0v) is 12.8. The van der Waals surface area contributed by atoms with Gasteiger partial charge in [0, 0.05) is 0 Å². The van der Waals surface area contributed by atoms with E-state index in [9.17, 15) is 13.6 Å². The Kier molecular flexibility index (Phi) is 5.47. The molecule has 0 heterocycles. The van der Waals surface area contributed by atoms with Crippen LogP contribution in [0.25, 0.3) is 10.8 Å². The Balaban J connectivity index is 2.28. The number of carbonyl (C=O) groups is 1. The third-order valence-corrected chi connectivity index (χ3v) is 3.63. The Morgan fingerprint density at radius 2 is 1.82 bits per heavy atom. The van der Waals surface area contributed by atoms with Crippen LogP contribution in [0.2, 0.25) is 0 Å². The van der Waals surface area contributed by atoms with Crippen LogP contribution in [0, 0.1) is 6.92 Å². The van der Waals surface area contributed by atoms with Crippen molar-refractivity contribution in [2.24, 2.45) is 0 Å². The number of halogens is 2. The number of carbonyl (C=O) groups excluding carboxylic acids is 1. The van der Waals surface area contributed by atoms with E-state index in [0.717, 1.165) is 22.8 Å². The van der Waals surface area contributed by atoms with Crippen LogP contribution in [-0.2, 0) is 9.53 Å². The molecule has 118 valence electrons. The molecule has 0 amide bonds. The van der Waals surface area contributed by atoms with Crippen LogP contribution < -0.4 is 0 Å². The Labute approximate surface area is 129 Å². The van der Waals surface area contributed by atoms with E-state index in [-0.39, 0.29) is 6.61 Å². The monoisotopic (exact) mass is 306 g/mol. The molecule has 0 aliphatic carbocycles. The van der Waals surface area contributed by atoms with Crippen molar-refractivity contribution in [3.63, 3.8) is 0 Å². The van der Waals surface area contributed by atoms with Gasteiger partial charge in [-0.3, -0.25) is 4.79 Å². The maximum atomic E-state index is 13.3. The number of alkyl halides is 2. The lowest BCUT2D eigenvalue weighted by Gasteiger charge is -2.16. The normalized spacial score (nSPS) is 12.6. The van der Waals surface area contributed by atoms with Crippen LogP contribution in [-0.4, -0.2) is 19.0 Å². The molecule has 2 aromatic carbocycles. The predicted molar refractivity (Wildman–Crippen MR) is 83.3 cm³/mol. The van der Waals surface area contributed by atoms with Gasteiger partial charge in [0.1, 0.15) is 5.92 Å². The van der Waals surface area contributed by atoms with Gasteiger partial charge in [0.2, 0.25) is 0 Å². The van der Waals surface area contributed by atoms with Crippen molar-refractivity contribution in [1.82, 2.24) is 0 Å². The topological polar surface area (TPSA) is 26.3 Å². The van der Waals surface area contributed by atoms with E-state index in [1.807, 2.05) is 32.0 Å². The molecule has 1 unspecified atom stereocenters. The summed E-state index contributed by atoms with van der Waals surface area (Å²) in [4.78, 5) is 11.9. The summed E-state index contributed by atoms with van der Waals surface area (Å²) in [5.74, 6) is -2.38. The molecule has 0 bridgehead atoms. The highest BCUT2D eigenvalue weighted by atomic mass is 19.3. The Morgan fingerprint density at radius 3 is 2.50 bits per heavy atom. The molecule has 0 spiro atoms. The number of rotatable bonds is 6. The summed E-state index contributed by atoms with van der Waals surface area (Å²) in [5, 5.41) is 1.81. The van der Waals surface area contributed by atoms with Crippen molar-refractivity contribution in [2.45, 2.75) is 39.0 Å². The van der Waals surface area contributed by atoms with Crippen LogP contribution in [0.5, 0.6) is 0 Å². The number of unbranched alkanes of at least 4 members (excludes halogenated alkanes) is 1. The molecule has 0 aromatic heterocycles. The molecule has 0 radical (unpaired) electrons. The Morgan fingerprint density at radius 1 is 1.14 bits per heavy atom. The highest BCUT2D eigenvalue weighted by molar-refractivity contribution is 5.86. The number of aryl methyl sites for hydroxylation is 1. The summed E-state index contributed by atoms with van der Waals surface area (Å²) in [6.45, 7) is 4.11. The van der Waals surface area contributed by atoms with E-state index in [1.54, 1.807) is 18.2 Å². The van der Waals surface area contributed by atoms with Gasteiger partial charge in [-0.25, -0.2) is 8.78 Å². The maximum Gasteiger partial charge on any atom is 0.319 e. The summed E-state index contributed by atoms with van der Waals surface area (Å²) >= 11 is 0. The molecule has 22 heavy (non-hydrogen) atoms. The summed E-state index contributed by atoms with van der Waals surface area (Å²) < 4.78 is 31.6. The van der Waals surface area contributed by atoms with Crippen LogP contribution in [0.15, 0.2) is 36.4 Å². The minimum Gasteiger partial charge on any atom is -0.465 e. The fourth-order valence-corrected chi connectivity index (χ4v) is 2.37. The third-order valence-electron chi connectivity index (χ3n) is 3.63. The predicted octanol–water partition coefficient (Wildman–Crippen LogP) is 4.84. The summed E-state index contributed by atoms with van der Waals surface area (Å²) in [7, 11) is 0. The van der Waals surface area contributed by atoms with Crippen molar-refractivity contribution in [1.29, 1.82) is 0 Å². The van der Waals surface area contributed by atoms with Gasteiger partial charge in [-0.05, 0) is 29.7 Å². The zero-order valence-electron chi connectivity index (χ0n) is 12.8. The van der Waals surface area contributed by atoms with Gasteiger partial charge in [-0.1, -0.05) is 55.3 Å². The SMILES string of the molecule is CCCCOC(=O)C(c1ccc2cc(C)ccc2c1)C(F)F. The van der Waals surface area contributed by atoms with Gasteiger partial charge in [0.25, 0.3) is 6.43 Å². The molecule has 0 saturated heterocycles. The summed E-state index contributed by atoms with van der Waals surface area (Å²) in [6, 6.07) is 10.8. The molecular weight excluding hydrogens is 286 g/mol. The molecule has 2 nitrogen and oxygen atoms in total. The first-order chi connectivity index (χ1) is 10.5. The van der Waals surface area contributed by atoms with E-state index >= 15 is 0 Å². The second-order valence-corrected chi connectivity index (χ2v) is 5.44. The summed E-state index contributed by atoms with van der Waals surface area (Å²) in [6.07, 6.45) is -1.25. The van der Waals surface area contributed by atoms with Gasteiger partial charge in [-0.2, -0.15) is 0 Å². The molecule has 0 N–H and O–H groups in total. The van der Waals surface area contributed by atoms with Crippen LogP contribution in [0.3, 0.4) is 0 Å². The van der Waals surface area contributed by atoms with Crippen molar-refractivity contribution >= 4 is 16.7 Å². The number of ether oxygens (including phenoxy) is 1. The second kappa shape index (κ2) is 7.34. The molecule has 4 heteroatoms. The zero-order chi connectivity index (χ0) is 16.1. The molecule has 2 aromatic rings. The largest absolute Gasteiger partial charge is 0.465 e. The molecule has 0 fully saturated rings. The van der Waals surface area contributed by atoms with Gasteiger partial charge >= 0.3 is 5.97 Å². The lowest BCUT2D eigenvalue weighted by molar-refractivity contribution is -0.149. The highest BCUT2D eigenvalue weighted by Gasteiger charge is 2.31. The molecule has 0 aliphatic heterocycles. The first-order valence-electron chi connectivity index (χ1n) is 7.48. The Bertz CT molecular complexity index is 653. The minimum atomic E-state index is -2.78. The van der Waals surface area contributed by atoms with Gasteiger partial charge in [0.15, 0.2) is 0 Å². The van der Waals surface area contributed by atoms with E-state index in [1.165, 1.54) is 0 Å². The highest BCUT2D eigenvalue weighted by Crippen LogP contribution is 2.28. The second-order valence-electron chi connectivity index (χ2n) is 5.44. The number of benzene rings is 2. The Hall–Kier alpha value is -1.97. The van der Waals surface area contributed by atoms with Gasteiger partial charge in [-0.15, -0.1) is 0 Å². The van der Waals surface area contributed by atoms with E-state index < -0.39 is 18.3 Å². The maximum absolute atomic E-state index is 13.3. The lowest BCUT2D eigenvalue weighted by atomic mass is 9.96. The fraction of sp³-hybridized carbons (Fsp3) is 0.389. The van der Waals surface area contributed by atoms with E-state index in [2.05, 4.69) is 0 Å². The van der Waals surface area contributed by atoms with Crippen LogP contribution >= 0.6 is 0 Å². The fourth-order valence-electron chi connectivity index (χ4n) is 2.37. The summed E-state index contributed by atoms with van der Waals surface area (Å²) in [5.41, 5.74) is 1.40. The molecule has 1 atom stereocenters. The molecule has 2 rings (SSSR count). The molecule has 0 aliphatic rings. The average molecular weight is 306 g/mol. The van der Waals surface area contributed by atoms with Gasteiger partial charge < -0.3 is 4.74 Å². The van der Waals surface area contributed by atoms with Crippen LogP contribution in [0.4, 0.5) is 8.78 Å². The van der Waals surface area contributed by atoms with E-state index in [4.69, 9.17) is 4.74 Å².